The van der Waals surface area contributed by atoms with Crippen molar-refractivity contribution in [1.29, 1.82) is 0 Å². The van der Waals surface area contributed by atoms with Crippen LogP contribution in [-0.2, 0) is 9.53 Å². The SMILES string of the molecule is COC(=O)c1ccc(C(=O)Nc2ccc(C)c(NC(=O)C3CC3)c2)cc1. The van der Waals surface area contributed by atoms with Crippen molar-refractivity contribution >= 4 is 29.2 Å². The smallest absolute Gasteiger partial charge is 0.337 e. The molecule has 2 aromatic carbocycles. The number of esters is 1. The van der Waals surface area contributed by atoms with Crippen molar-refractivity contribution in [3.63, 3.8) is 0 Å². The van der Waals surface area contributed by atoms with Crippen LogP contribution in [0.25, 0.3) is 0 Å². The number of carbonyl (C=O) groups excluding carboxylic acids is 3. The van der Waals surface area contributed by atoms with Crippen molar-refractivity contribution in [2.45, 2.75) is 19.8 Å². The standard InChI is InChI=1S/C20H20N2O4/c1-12-3-10-16(11-17(12)22-19(24)14-4-5-14)21-18(23)13-6-8-15(9-7-13)20(25)26-2/h3,6-11,14H,4-5H2,1-2H3,(H,21,23)(H,22,24). The highest BCUT2D eigenvalue weighted by Crippen LogP contribution is 2.31. The maximum absolute atomic E-state index is 12.4. The topological polar surface area (TPSA) is 84.5 Å². The third kappa shape index (κ3) is 4.08. The molecule has 0 bridgehead atoms. The molecule has 134 valence electrons. The Morgan fingerprint density at radius 3 is 2.23 bits per heavy atom. The Bertz CT molecular complexity index is 855. The van der Waals surface area contributed by atoms with E-state index in [4.69, 9.17) is 0 Å². The van der Waals surface area contributed by atoms with Gasteiger partial charge < -0.3 is 15.4 Å². The number of carbonyl (C=O) groups is 3. The van der Waals surface area contributed by atoms with E-state index in [1.807, 2.05) is 13.0 Å². The van der Waals surface area contributed by atoms with Gasteiger partial charge in [0.2, 0.25) is 5.91 Å². The normalized spacial score (nSPS) is 13.0. The monoisotopic (exact) mass is 352 g/mol. The lowest BCUT2D eigenvalue weighted by Crippen LogP contribution is -2.15. The molecule has 1 saturated carbocycles. The Morgan fingerprint density at radius 2 is 1.62 bits per heavy atom. The molecule has 0 unspecified atom stereocenters. The van der Waals surface area contributed by atoms with Crippen molar-refractivity contribution < 1.29 is 19.1 Å². The summed E-state index contributed by atoms with van der Waals surface area (Å²) in [4.78, 5) is 35.8. The number of ether oxygens (including phenoxy) is 1. The molecule has 0 radical (unpaired) electrons. The van der Waals surface area contributed by atoms with Crippen LogP contribution in [0.3, 0.4) is 0 Å². The van der Waals surface area contributed by atoms with Gasteiger partial charge >= 0.3 is 5.97 Å². The molecule has 1 aliphatic rings. The minimum absolute atomic E-state index is 0.0231. The third-order valence-electron chi connectivity index (χ3n) is 4.27. The fraction of sp³-hybridized carbons (Fsp3) is 0.250. The first-order valence-corrected chi connectivity index (χ1v) is 8.39. The maximum Gasteiger partial charge on any atom is 0.337 e. The average molecular weight is 352 g/mol. The van der Waals surface area contributed by atoms with E-state index in [-0.39, 0.29) is 17.7 Å². The molecule has 6 heteroatoms. The Labute approximate surface area is 151 Å². The summed E-state index contributed by atoms with van der Waals surface area (Å²) in [6.07, 6.45) is 1.87. The Balaban J connectivity index is 1.70. The Morgan fingerprint density at radius 1 is 0.962 bits per heavy atom. The number of hydrogen-bond acceptors (Lipinski definition) is 4. The highest BCUT2D eigenvalue weighted by molar-refractivity contribution is 6.05. The number of anilines is 2. The van der Waals surface area contributed by atoms with Crippen LogP contribution < -0.4 is 10.6 Å². The van der Waals surface area contributed by atoms with Gasteiger partial charge in [0.15, 0.2) is 0 Å². The molecule has 1 aliphatic carbocycles. The van der Waals surface area contributed by atoms with Crippen LogP contribution in [-0.4, -0.2) is 24.9 Å². The molecule has 0 heterocycles. The second-order valence-corrected chi connectivity index (χ2v) is 6.32. The van der Waals surface area contributed by atoms with E-state index in [0.29, 0.717) is 22.5 Å². The van der Waals surface area contributed by atoms with Gasteiger partial charge in [0.25, 0.3) is 5.91 Å². The quantitative estimate of drug-likeness (QED) is 0.808. The number of nitrogens with one attached hydrogen (secondary N) is 2. The molecule has 3 rings (SSSR count). The van der Waals surface area contributed by atoms with Gasteiger partial charge in [0, 0.05) is 22.9 Å². The van der Waals surface area contributed by atoms with Crippen LogP contribution in [0.15, 0.2) is 42.5 Å². The average Bonchev–Trinajstić information content (AvgIpc) is 3.49. The van der Waals surface area contributed by atoms with Crippen LogP contribution in [0, 0.1) is 12.8 Å². The van der Waals surface area contributed by atoms with Gasteiger partial charge in [0.05, 0.1) is 12.7 Å². The van der Waals surface area contributed by atoms with Gasteiger partial charge in [-0.15, -0.1) is 0 Å². The molecule has 0 aliphatic heterocycles. The van der Waals surface area contributed by atoms with Crippen LogP contribution in [0.1, 0.15) is 39.1 Å². The van der Waals surface area contributed by atoms with Crippen LogP contribution >= 0.6 is 0 Å². The van der Waals surface area contributed by atoms with Gasteiger partial charge in [-0.1, -0.05) is 6.07 Å². The zero-order valence-electron chi connectivity index (χ0n) is 14.7. The van der Waals surface area contributed by atoms with Gasteiger partial charge in [-0.05, 0) is 61.7 Å². The van der Waals surface area contributed by atoms with Crippen molar-refractivity contribution in [3.8, 4) is 0 Å². The van der Waals surface area contributed by atoms with E-state index in [1.54, 1.807) is 24.3 Å². The molecular formula is C20H20N2O4. The number of benzene rings is 2. The molecule has 0 saturated heterocycles. The lowest BCUT2D eigenvalue weighted by Gasteiger charge is -2.11. The molecule has 1 fully saturated rings. The first kappa shape index (κ1) is 17.7. The highest BCUT2D eigenvalue weighted by atomic mass is 16.5. The lowest BCUT2D eigenvalue weighted by atomic mass is 10.1. The lowest BCUT2D eigenvalue weighted by molar-refractivity contribution is -0.117. The first-order chi connectivity index (χ1) is 12.5. The first-order valence-electron chi connectivity index (χ1n) is 8.39. The summed E-state index contributed by atoms with van der Waals surface area (Å²) in [5.41, 5.74) is 3.01. The summed E-state index contributed by atoms with van der Waals surface area (Å²) in [6, 6.07) is 11.6. The van der Waals surface area contributed by atoms with E-state index in [1.165, 1.54) is 19.2 Å². The van der Waals surface area contributed by atoms with E-state index < -0.39 is 5.97 Å². The second kappa shape index (κ2) is 7.39. The van der Waals surface area contributed by atoms with Crippen molar-refractivity contribution in [2.75, 3.05) is 17.7 Å². The molecule has 2 amide bonds. The summed E-state index contributed by atoms with van der Waals surface area (Å²) in [5, 5.41) is 5.71. The van der Waals surface area contributed by atoms with Gasteiger partial charge in [-0.2, -0.15) is 0 Å². The van der Waals surface area contributed by atoms with Crippen LogP contribution in [0.4, 0.5) is 11.4 Å². The minimum Gasteiger partial charge on any atom is -0.465 e. The van der Waals surface area contributed by atoms with E-state index >= 15 is 0 Å². The summed E-state index contributed by atoms with van der Waals surface area (Å²) in [7, 11) is 1.31. The molecule has 0 atom stereocenters. The summed E-state index contributed by atoms with van der Waals surface area (Å²) in [5.74, 6) is -0.618. The van der Waals surface area contributed by atoms with Crippen LogP contribution in [0.2, 0.25) is 0 Å². The number of hydrogen-bond donors (Lipinski definition) is 2. The predicted octanol–water partition coefficient (Wildman–Crippen LogP) is 3.38. The molecule has 0 aromatic heterocycles. The van der Waals surface area contributed by atoms with Gasteiger partial charge in [-0.3, -0.25) is 9.59 Å². The molecule has 26 heavy (non-hydrogen) atoms. The zero-order valence-corrected chi connectivity index (χ0v) is 14.7. The number of methoxy groups -OCH3 is 1. The Kier molecular flexibility index (Phi) is 5.02. The van der Waals surface area contributed by atoms with Crippen molar-refractivity contribution in [1.82, 2.24) is 0 Å². The van der Waals surface area contributed by atoms with Gasteiger partial charge in [0.1, 0.15) is 0 Å². The number of rotatable bonds is 5. The number of aryl methyl sites for hydroxylation is 1. The largest absolute Gasteiger partial charge is 0.465 e. The van der Waals surface area contributed by atoms with Gasteiger partial charge in [-0.25, -0.2) is 4.79 Å². The maximum atomic E-state index is 12.4. The predicted molar refractivity (Wildman–Crippen MR) is 98.3 cm³/mol. The molecule has 2 aromatic rings. The van der Waals surface area contributed by atoms with E-state index in [9.17, 15) is 14.4 Å². The molecule has 2 N–H and O–H groups in total. The molecular weight excluding hydrogens is 332 g/mol. The molecule has 0 spiro atoms. The fourth-order valence-corrected chi connectivity index (χ4v) is 2.49. The number of amides is 2. The van der Waals surface area contributed by atoms with Crippen molar-refractivity contribution in [3.05, 3.63) is 59.2 Å². The summed E-state index contributed by atoms with van der Waals surface area (Å²) < 4.78 is 4.64. The summed E-state index contributed by atoms with van der Waals surface area (Å²) in [6.45, 7) is 1.90. The second-order valence-electron chi connectivity index (χ2n) is 6.32. The van der Waals surface area contributed by atoms with E-state index in [2.05, 4.69) is 15.4 Å². The molecule has 6 nitrogen and oxygen atoms in total. The highest BCUT2D eigenvalue weighted by Gasteiger charge is 2.29. The Hall–Kier alpha value is -3.15. The summed E-state index contributed by atoms with van der Waals surface area (Å²) >= 11 is 0. The minimum atomic E-state index is -0.452. The third-order valence-corrected chi connectivity index (χ3v) is 4.27. The van der Waals surface area contributed by atoms with E-state index in [0.717, 1.165) is 18.4 Å². The fourth-order valence-electron chi connectivity index (χ4n) is 2.49. The zero-order chi connectivity index (χ0) is 18.7. The van der Waals surface area contributed by atoms with Crippen molar-refractivity contribution in [2.24, 2.45) is 5.92 Å². The van der Waals surface area contributed by atoms with Crippen LogP contribution in [0.5, 0.6) is 0 Å².